The number of piperidine rings is 1. The molecule has 2 heterocycles. The van der Waals surface area contributed by atoms with Gasteiger partial charge < -0.3 is 10.0 Å². The van der Waals surface area contributed by atoms with Gasteiger partial charge in [0.15, 0.2) is 0 Å². The van der Waals surface area contributed by atoms with Gasteiger partial charge in [-0.1, -0.05) is 12.8 Å². The van der Waals surface area contributed by atoms with Gasteiger partial charge >= 0.3 is 0 Å². The molecular formula is C16H24N2O. The van der Waals surface area contributed by atoms with E-state index in [1.807, 2.05) is 19.2 Å². The molecule has 19 heavy (non-hydrogen) atoms. The number of nitrogens with zero attached hydrogens (tertiary/aromatic N) is 2. The molecule has 0 spiro atoms. The Morgan fingerprint density at radius 3 is 2.89 bits per heavy atom. The number of rotatable bonds is 2. The number of pyridine rings is 1. The molecule has 3 heteroatoms. The van der Waals surface area contributed by atoms with Crippen LogP contribution in [0.3, 0.4) is 0 Å². The maximum atomic E-state index is 9.73. The molecule has 3 rings (SSSR count). The van der Waals surface area contributed by atoms with Crippen LogP contribution in [0.25, 0.3) is 0 Å². The summed E-state index contributed by atoms with van der Waals surface area (Å²) in [5.41, 5.74) is 0.975. The quantitative estimate of drug-likeness (QED) is 0.886. The first-order chi connectivity index (χ1) is 9.25. The molecule has 0 radical (unpaired) electrons. The first kappa shape index (κ1) is 12.9. The minimum absolute atomic E-state index is 0.409. The van der Waals surface area contributed by atoms with Crippen molar-refractivity contribution in [2.75, 3.05) is 11.4 Å². The molecule has 3 atom stereocenters. The van der Waals surface area contributed by atoms with Crippen LogP contribution in [0.1, 0.15) is 57.1 Å². The molecule has 2 aliphatic rings. The molecule has 3 nitrogen and oxygen atoms in total. The van der Waals surface area contributed by atoms with Gasteiger partial charge in [-0.3, -0.25) is 0 Å². The van der Waals surface area contributed by atoms with Gasteiger partial charge in [-0.2, -0.15) is 0 Å². The summed E-state index contributed by atoms with van der Waals surface area (Å²) in [7, 11) is 0. The summed E-state index contributed by atoms with van der Waals surface area (Å²) in [4.78, 5) is 7.05. The molecule has 0 amide bonds. The fourth-order valence-corrected chi connectivity index (χ4v) is 3.76. The molecule has 1 aliphatic heterocycles. The maximum absolute atomic E-state index is 9.73. The zero-order chi connectivity index (χ0) is 13.2. The van der Waals surface area contributed by atoms with Gasteiger partial charge in [0, 0.05) is 18.8 Å². The molecule has 2 fully saturated rings. The van der Waals surface area contributed by atoms with Gasteiger partial charge in [0.2, 0.25) is 0 Å². The lowest BCUT2D eigenvalue weighted by Crippen LogP contribution is -2.47. The Labute approximate surface area is 115 Å². The SMILES string of the molecule is C[C@@H](O)c1ccnc(N2CCCC3CCCCC32)c1. The summed E-state index contributed by atoms with van der Waals surface area (Å²) in [6.07, 6.45) is 9.55. The second-order valence-corrected chi connectivity index (χ2v) is 6.07. The van der Waals surface area contributed by atoms with E-state index in [0.717, 1.165) is 23.8 Å². The van der Waals surface area contributed by atoms with E-state index < -0.39 is 6.10 Å². The fraction of sp³-hybridized carbons (Fsp3) is 0.688. The second kappa shape index (κ2) is 5.49. The van der Waals surface area contributed by atoms with E-state index in [1.165, 1.54) is 38.5 Å². The van der Waals surface area contributed by atoms with E-state index >= 15 is 0 Å². The van der Waals surface area contributed by atoms with Crippen LogP contribution in [-0.2, 0) is 0 Å². The Bertz CT molecular complexity index is 431. The summed E-state index contributed by atoms with van der Waals surface area (Å²) in [5, 5.41) is 9.73. The van der Waals surface area contributed by atoms with E-state index in [0.29, 0.717) is 6.04 Å². The fourth-order valence-electron chi connectivity index (χ4n) is 3.76. The van der Waals surface area contributed by atoms with Crippen molar-refractivity contribution < 1.29 is 5.11 Å². The van der Waals surface area contributed by atoms with Crippen molar-refractivity contribution in [1.82, 2.24) is 4.98 Å². The highest BCUT2D eigenvalue weighted by Gasteiger charge is 2.33. The molecule has 1 aliphatic carbocycles. The second-order valence-electron chi connectivity index (χ2n) is 6.07. The average molecular weight is 260 g/mol. The standard InChI is InChI=1S/C16H24N2O/c1-12(19)14-8-9-17-16(11-14)18-10-4-6-13-5-2-3-7-15(13)18/h8-9,11-13,15,19H,2-7,10H2,1H3/t12-,13?,15?/m1/s1. The lowest BCUT2D eigenvalue weighted by Gasteiger charge is -2.44. The zero-order valence-corrected chi connectivity index (χ0v) is 11.8. The van der Waals surface area contributed by atoms with Gasteiger partial charge in [0.1, 0.15) is 5.82 Å². The Balaban J connectivity index is 1.85. The Morgan fingerprint density at radius 1 is 1.26 bits per heavy atom. The summed E-state index contributed by atoms with van der Waals surface area (Å²) >= 11 is 0. The van der Waals surface area contributed by atoms with Gasteiger partial charge in [-0.25, -0.2) is 4.98 Å². The zero-order valence-electron chi connectivity index (χ0n) is 11.8. The molecule has 2 unspecified atom stereocenters. The smallest absolute Gasteiger partial charge is 0.129 e. The van der Waals surface area contributed by atoms with Crippen molar-refractivity contribution in [3.63, 3.8) is 0 Å². The number of aliphatic hydroxyl groups excluding tert-OH is 1. The average Bonchev–Trinajstić information content (AvgIpc) is 2.47. The third-order valence-electron chi connectivity index (χ3n) is 4.79. The molecule has 0 bridgehead atoms. The number of aliphatic hydroxyl groups is 1. The largest absolute Gasteiger partial charge is 0.389 e. The Kier molecular flexibility index (Phi) is 3.74. The van der Waals surface area contributed by atoms with Crippen LogP contribution >= 0.6 is 0 Å². The van der Waals surface area contributed by atoms with Crippen molar-refractivity contribution in [2.24, 2.45) is 5.92 Å². The third-order valence-corrected chi connectivity index (χ3v) is 4.79. The minimum atomic E-state index is -0.409. The Morgan fingerprint density at radius 2 is 2.05 bits per heavy atom. The van der Waals surface area contributed by atoms with Crippen LogP contribution in [-0.4, -0.2) is 22.7 Å². The third kappa shape index (κ3) is 2.62. The summed E-state index contributed by atoms with van der Waals surface area (Å²) in [5.74, 6) is 1.93. The van der Waals surface area contributed by atoms with Crippen molar-refractivity contribution in [3.05, 3.63) is 23.9 Å². The monoisotopic (exact) mass is 260 g/mol. The molecule has 104 valence electrons. The van der Waals surface area contributed by atoms with E-state index in [9.17, 15) is 5.11 Å². The van der Waals surface area contributed by atoms with Crippen LogP contribution < -0.4 is 4.90 Å². The maximum Gasteiger partial charge on any atom is 0.129 e. The van der Waals surface area contributed by atoms with Crippen molar-refractivity contribution in [1.29, 1.82) is 0 Å². The van der Waals surface area contributed by atoms with E-state index in [2.05, 4.69) is 16.0 Å². The summed E-state index contributed by atoms with van der Waals surface area (Å²) in [6.45, 7) is 2.94. The van der Waals surface area contributed by atoms with Gasteiger partial charge in [0.05, 0.1) is 6.10 Å². The van der Waals surface area contributed by atoms with E-state index in [1.54, 1.807) is 0 Å². The number of hydrogen-bond donors (Lipinski definition) is 1. The van der Waals surface area contributed by atoms with Gasteiger partial charge in [-0.15, -0.1) is 0 Å². The highest BCUT2D eigenvalue weighted by Crippen LogP contribution is 2.37. The molecular weight excluding hydrogens is 236 g/mol. The molecule has 0 aromatic carbocycles. The first-order valence-corrected chi connectivity index (χ1v) is 7.66. The summed E-state index contributed by atoms with van der Waals surface area (Å²) < 4.78 is 0. The van der Waals surface area contributed by atoms with Crippen molar-refractivity contribution >= 4 is 5.82 Å². The first-order valence-electron chi connectivity index (χ1n) is 7.66. The predicted molar refractivity (Wildman–Crippen MR) is 77.2 cm³/mol. The van der Waals surface area contributed by atoms with Crippen LogP contribution in [0, 0.1) is 5.92 Å². The van der Waals surface area contributed by atoms with Crippen LogP contribution in [0.2, 0.25) is 0 Å². The van der Waals surface area contributed by atoms with Crippen LogP contribution in [0.4, 0.5) is 5.82 Å². The molecule has 1 N–H and O–H groups in total. The van der Waals surface area contributed by atoms with E-state index in [-0.39, 0.29) is 0 Å². The molecule has 1 aromatic heterocycles. The van der Waals surface area contributed by atoms with Crippen LogP contribution in [0.15, 0.2) is 18.3 Å². The molecule has 1 saturated carbocycles. The number of aromatic nitrogens is 1. The van der Waals surface area contributed by atoms with Crippen LogP contribution in [0.5, 0.6) is 0 Å². The van der Waals surface area contributed by atoms with E-state index in [4.69, 9.17) is 0 Å². The van der Waals surface area contributed by atoms with Crippen molar-refractivity contribution in [2.45, 2.75) is 57.6 Å². The summed E-state index contributed by atoms with van der Waals surface area (Å²) in [6, 6.07) is 4.66. The predicted octanol–water partition coefficient (Wildman–Crippen LogP) is 3.29. The highest BCUT2D eigenvalue weighted by molar-refractivity contribution is 5.43. The molecule has 1 aromatic rings. The number of anilines is 1. The van der Waals surface area contributed by atoms with Gasteiger partial charge in [0.25, 0.3) is 0 Å². The lowest BCUT2D eigenvalue weighted by atomic mass is 9.78. The molecule has 1 saturated heterocycles. The van der Waals surface area contributed by atoms with Crippen molar-refractivity contribution in [3.8, 4) is 0 Å². The topological polar surface area (TPSA) is 36.4 Å². The normalized spacial score (nSPS) is 28.8. The highest BCUT2D eigenvalue weighted by atomic mass is 16.3. The lowest BCUT2D eigenvalue weighted by molar-refractivity contribution is 0.199. The number of hydrogen-bond acceptors (Lipinski definition) is 3. The van der Waals surface area contributed by atoms with Gasteiger partial charge in [-0.05, 0) is 56.2 Å². The number of fused-ring (bicyclic) bond motifs is 1. The Hall–Kier alpha value is -1.09. The minimum Gasteiger partial charge on any atom is -0.389 e.